The van der Waals surface area contributed by atoms with Gasteiger partial charge in [-0.05, 0) is 76.4 Å². The molecule has 1 heterocycles. The Morgan fingerprint density at radius 3 is 2.25 bits per heavy atom. The van der Waals surface area contributed by atoms with E-state index in [1.54, 1.807) is 0 Å². The van der Waals surface area contributed by atoms with E-state index in [1.165, 1.54) is 64.5 Å². The van der Waals surface area contributed by atoms with Gasteiger partial charge in [0.15, 0.2) is 0 Å². The molecular weight excluding hydrogens is 244 g/mol. The quantitative estimate of drug-likeness (QED) is 0.768. The van der Waals surface area contributed by atoms with E-state index in [2.05, 4.69) is 38.0 Å². The summed E-state index contributed by atoms with van der Waals surface area (Å²) in [6, 6.07) is 1.66. The van der Waals surface area contributed by atoms with E-state index in [-0.39, 0.29) is 0 Å². The van der Waals surface area contributed by atoms with Gasteiger partial charge in [-0.2, -0.15) is 0 Å². The van der Waals surface area contributed by atoms with E-state index in [0.717, 1.165) is 18.0 Å². The van der Waals surface area contributed by atoms with Crippen LogP contribution in [0.1, 0.15) is 72.1 Å². The van der Waals surface area contributed by atoms with Crippen LogP contribution in [0.3, 0.4) is 0 Å². The molecule has 0 aromatic heterocycles. The van der Waals surface area contributed by atoms with Crippen molar-refractivity contribution in [3.05, 3.63) is 0 Å². The van der Waals surface area contributed by atoms with Crippen LogP contribution in [0.15, 0.2) is 0 Å². The molecule has 1 saturated heterocycles. The number of hydrogen-bond acceptors (Lipinski definition) is 2. The summed E-state index contributed by atoms with van der Waals surface area (Å²) in [5.41, 5.74) is 0.500. The van der Waals surface area contributed by atoms with Crippen molar-refractivity contribution < 1.29 is 0 Å². The minimum atomic E-state index is 0.500. The van der Waals surface area contributed by atoms with Gasteiger partial charge in [0.1, 0.15) is 0 Å². The van der Waals surface area contributed by atoms with Crippen molar-refractivity contribution in [2.24, 2.45) is 11.3 Å². The molecule has 2 aliphatic rings. The molecule has 1 aliphatic heterocycles. The molecule has 1 saturated carbocycles. The lowest BCUT2D eigenvalue weighted by Crippen LogP contribution is -2.40. The van der Waals surface area contributed by atoms with Crippen molar-refractivity contribution in [1.82, 2.24) is 10.2 Å². The molecule has 20 heavy (non-hydrogen) atoms. The Hall–Kier alpha value is -0.0800. The van der Waals surface area contributed by atoms with Gasteiger partial charge in [-0.1, -0.05) is 27.2 Å². The summed E-state index contributed by atoms with van der Waals surface area (Å²) in [4.78, 5) is 2.75. The van der Waals surface area contributed by atoms with Crippen LogP contribution in [-0.2, 0) is 0 Å². The van der Waals surface area contributed by atoms with Crippen molar-refractivity contribution in [3.8, 4) is 0 Å². The van der Waals surface area contributed by atoms with Crippen LogP contribution in [-0.4, -0.2) is 37.1 Å². The van der Waals surface area contributed by atoms with Gasteiger partial charge in [0.2, 0.25) is 0 Å². The first-order chi connectivity index (χ1) is 9.48. The molecule has 1 N–H and O–H groups in total. The normalized spacial score (nSPS) is 33.8. The van der Waals surface area contributed by atoms with E-state index in [1.807, 2.05) is 0 Å². The Kier molecular flexibility index (Phi) is 5.92. The van der Waals surface area contributed by atoms with Crippen LogP contribution in [0.25, 0.3) is 0 Å². The summed E-state index contributed by atoms with van der Waals surface area (Å²) in [6.45, 7) is 9.73. The van der Waals surface area contributed by atoms with Crippen LogP contribution >= 0.6 is 0 Å². The number of hydrogen-bond donors (Lipinski definition) is 1. The third-order valence-corrected chi connectivity index (χ3v) is 5.86. The SMILES string of the molecule is CN(C1CCCNCC1)C1CCCC(C(C)(C)C)CC1. The zero-order valence-electron chi connectivity index (χ0n) is 14.3. The van der Waals surface area contributed by atoms with Crippen molar-refractivity contribution in [3.63, 3.8) is 0 Å². The largest absolute Gasteiger partial charge is 0.317 e. The third-order valence-electron chi connectivity index (χ3n) is 5.86. The van der Waals surface area contributed by atoms with Crippen molar-refractivity contribution >= 4 is 0 Å². The fraction of sp³-hybridized carbons (Fsp3) is 1.00. The van der Waals surface area contributed by atoms with Gasteiger partial charge in [-0.3, -0.25) is 0 Å². The second-order valence-corrected chi connectivity index (χ2v) is 8.23. The molecule has 0 radical (unpaired) electrons. The lowest BCUT2D eigenvalue weighted by atomic mass is 9.76. The van der Waals surface area contributed by atoms with Crippen molar-refractivity contribution in [2.45, 2.75) is 84.2 Å². The molecule has 0 amide bonds. The topological polar surface area (TPSA) is 15.3 Å². The minimum absolute atomic E-state index is 0.500. The molecule has 0 aromatic rings. The van der Waals surface area contributed by atoms with Crippen LogP contribution in [0.4, 0.5) is 0 Å². The summed E-state index contributed by atoms with van der Waals surface area (Å²) in [5, 5.41) is 3.55. The van der Waals surface area contributed by atoms with Gasteiger partial charge in [-0.15, -0.1) is 0 Å². The highest BCUT2D eigenvalue weighted by molar-refractivity contribution is 4.85. The Balaban J connectivity index is 1.88. The molecular formula is C18H36N2. The second kappa shape index (κ2) is 7.26. The predicted molar refractivity (Wildman–Crippen MR) is 88.1 cm³/mol. The van der Waals surface area contributed by atoms with E-state index < -0.39 is 0 Å². The van der Waals surface area contributed by atoms with Gasteiger partial charge in [-0.25, -0.2) is 0 Å². The molecule has 118 valence electrons. The number of nitrogens with one attached hydrogen (secondary N) is 1. The maximum atomic E-state index is 3.55. The zero-order chi connectivity index (χ0) is 14.6. The summed E-state index contributed by atoms with van der Waals surface area (Å²) in [5.74, 6) is 0.928. The standard InChI is InChI=1S/C18H36N2/c1-18(2,3)15-7-5-8-16(11-10-15)20(4)17-9-6-13-19-14-12-17/h15-17,19H,5-14H2,1-4H3. The summed E-state index contributed by atoms with van der Waals surface area (Å²) in [7, 11) is 2.40. The molecule has 2 fully saturated rings. The van der Waals surface area contributed by atoms with Gasteiger partial charge >= 0.3 is 0 Å². The summed E-state index contributed by atoms with van der Waals surface area (Å²) in [6.07, 6.45) is 11.2. The van der Waals surface area contributed by atoms with E-state index in [4.69, 9.17) is 0 Å². The molecule has 2 nitrogen and oxygen atoms in total. The fourth-order valence-corrected chi connectivity index (χ4v) is 4.26. The van der Waals surface area contributed by atoms with Gasteiger partial charge < -0.3 is 10.2 Å². The van der Waals surface area contributed by atoms with E-state index in [9.17, 15) is 0 Å². The lowest BCUT2D eigenvalue weighted by Gasteiger charge is -2.35. The molecule has 3 unspecified atom stereocenters. The Labute approximate surface area is 126 Å². The van der Waals surface area contributed by atoms with Crippen LogP contribution in [0.5, 0.6) is 0 Å². The lowest BCUT2D eigenvalue weighted by molar-refractivity contribution is 0.141. The molecule has 1 aliphatic carbocycles. The number of nitrogens with zero attached hydrogens (tertiary/aromatic N) is 1. The second-order valence-electron chi connectivity index (χ2n) is 8.23. The molecule has 0 spiro atoms. The Morgan fingerprint density at radius 2 is 1.50 bits per heavy atom. The first-order valence-electron chi connectivity index (χ1n) is 8.91. The average Bonchev–Trinajstić information content (AvgIpc) is 2.80. The van der Waals surface area contributed by atoms with Crippen molar-refractivity contribution in [2.75, 3.05) is 20.1 Å². The zero-order valence-corrected chi connectivity index (χ0v) is 14.3. The minimum Gasteiger partial charge on any atom is -0.317 e. The van der Waals surface area contributed by atoms with Crippen LogP contribution < -0.4 is 5.32 Å². The van der Waals surface area contributed by atoms with E-state index >= 15 is 0 Å². The van der Waals surface area contributed by atoms with Crippen LogP contribution in [0.2, 0.25) is 0 Å². The monoisotopic (exact) mass is 280 g/mol. The first-order valence-corrected chi connectivity index (χ1v) is 8.91. The maximum Gasteiger partial charge on any atom is 0.0108 e. The molecule has 3 atom stereocenters. The highest BCUT2D eigenvalue weighted by Crippen LogP contribution is 2.38. The molecule has 0 aromatic carbocycles. The highest BCUT2D eigenvalue weighted by Gasteiger charge is 2.30. The summed E-state index contributed by atoms with van der Waals surface area (Å²) < 4.78 is 0. The third kappa shape index (κ3) is 4.46. The van der Waals surface area contributed by atoms with Gasteiger partial charge in [0, 0.05) is 12.1 Å². The molecule has 2 heteroatoms. The van der Waals surface area contributed by atoms with Crippen LogP contribution in [0, 0.1) is 11.3 Å². The average molecular weight is 281 g/mol. The van der Waals surface area contributed by atoms with Gasteiger partial charge in [0.05, 0.1) is 0 Å². The Bertz CT molecular complexity index is 274. The van der Waals surface area contributed by atoms with Crippen molar-refractivity contribution in [1.29, 1.82) is 0 Å². The highest BCUT2D eigenvalue weighted by atomic mass is 15.2. The summed E-state index contributed by atoms with van der Waals surface area (Å²) >= 11 is 0. The predicted octanol–water partition coefficient (Wildman–Crippen LogP) is 4.06. The number of rotatable bonds is 2. The van der Waals surface area contributed by atoms with E-state index in [0.29, 0.717) is 5.41 Å². The fourth-order valence-electron chi connectivity index (χ4n) is 4.26. The first kappa shape index (κ1) is 16.3. The maximum absolute atomic E-state index is 3.55. The Morgan fingerprint density at radius 1 is 0.800 bits per heavy atom. The molecule has 2 rings (SSSR count). The van der Waals surface area contributed by atoms with Gasteiger partial charge in [0.25, 0.3) is 0 Å². The molecule has 0 bridgehead atoms. The smallest absolute Gasteiger partial charge is 0.0108 e.